The third kappa shape index (κ3) is 4.72. The van der Waals surface area contributed by atoms with Crippen molar-refractivity contribution >= 4 is 23.5 Å². The molecule has 0 radical (unpaired) electrons. The summed E-state index contributed by atoms with van der Waals surface area (Å²) in [7, 11) is 0. The van der Waals surface area contributed by atoms with Crippen molar-refractivity contribution in [2.24, 2.45) is 0 Å². The second-order valence-electron chi connectivity index (χ2n) is 7.50. The van der Waals surface area contributed by atoms with Crippen molar-refractivity contribution in [3.05, 3.63) is 95.2 Å². The highest BCUT2D eigenvalue weighted by Gasteiger charge is 2.28. The van der Waals surface area contributed by atoms with Crippen LogP contribution in [0.25, 0.3) is 6.08 Å². The third-order valence-electron chi connectivity index (χ3n) is 5.38. The number of anilines is 1. The van der Waals surface area contributed by atoms with Gasteiger partial charge in [0, 0.05) is 24.8 Å². The number of esters is 1. The van der Waals surface area contributed by atoms with Gasteiger partial charge in [-0.05, 0) is 55.3 Å². The summed E-state index contributed by atoms with van der Waals surface area (Å²) in [6.45, 7) is 6.11. The normalized spacial score (nSPS) is 13.6. The molecule has 0 atom stereocenters. The smallest absolute Gasteiger partial charge is 0.315 e. The molecule has 5 heteroatoms. The zero-order valence-corrected chi connectivity index (χ0v) is 18.2. The summed E-state index contributed by atoms with van der Waals surface area (Å²) >= 11 is 0. The van der Waals surface area contributed by atoms with Crippen molar-refractivity contribution in [2.75, 3.05) is 18.0 Å². The first-order chi connectivity index (χ1) is 15.6. The molecule has 1 aliphatic rings. The molecule has 0 unspecified atom stereocenters. The Morgan fingerprint density at radius 2 is 1.69 bits per heavy atom. The van der Waals surface area contributed by atoms with Crippen LogP contribution in [-0.4, -0.2) is 24.8 Å². The van der Waals surface area contributed by atoms with Gasteiger partial charge in [-0.15, -0.1) is 0 Å². The maximum atomic E-state index is 12.7. The number of hydrogen-bond acceptors (Lipinski definition) is 5. The lowest BCUT2D eigenvalue weighted by Gasteiger charge is -2.20. The fourth-order valence-corrected chi connectivity index (χ4v) is 3.68. The molecule has 32 heavy (non-hydrogen) atoms. The summed E-state index contributed by atoms with van der Waals surface area (Å²) in [4.78, 5) is 27.2. The molecule has 0 amide bonds. The van der Waals surface area contributed by atoms with Crippen LogP contribution in [-0.2, 0) is 11.2 Å². The Hall–Kier alpha value is -3.86. The molecule has 0 N–H and O–H groups in total. The monoisotopic (exact) mass is 427 g/mol. The van der Waals surface area contributed by atoms with Gasteiger partial charge in [0.2, 0.25) is 5.78 Å². The van der Waals surface area contributed by atoms with Gasteiger partial charge in [0.05, 0.1) is 12.0 Å². The highest BCUT2D eigenvalue weighted by molar-refractivity contribution is 6.14. The Morgan fingerprint density at radius 3 is 2.38 bits per heavy atom. The maximum absolute atomic E-state index is 12.7. The van der Waals surface area contributed by atoms with E-state index in [1.807, 2.05) is 54.6 Å². The molecule has 162 valence electrons. The van der Waals surface area contributed by atoms with Gasteiger partial charge < -0.3 is 14.4 Å². The Bertz CT molecular complexity index is 1150. The van der Waals surface area contributed by atoms with Crippen LogP contribution in [0.5, 0.6) is 11.5 Å². The molecule has 1 aliphatic heterocycles. The number of ether oxygens (including phenoxy) is 2. The SMILES string of the molecule is CCN(CC)c1ccc(/C=C2\Oc3cc(OC(=O)Cc4ccccc4)ccc3C2=O)cc1. The van der Waals surface area contributed by atoms with Crippen LogP contribution in [0, 0.1) is 0 Å². The summed E-state index contributed by atoms with van der Waals surface area (Å²) in [6.07, 6.45) is 1.90. The zero-order chi connectivity index (χ0) is 22.5. The molecule has 3 aromatic rings. The average molecular weight is 428 g/mol. The minimum atomic E-state index is -0.371. The Labute approximate surface area is 187 Å². The van der Waals surface area contributed by atoms with Crippen LogP contribution in [0.3, 0.4) is 0 Å². The first kappa shape index (κ1) is 21.4. The minimum absolute atomic E-state index is 0.173. The lowest BCUT2D eigenvalue weighted by molar-refractivity contribution is -0.133. The van der Waals surface area contributed by atoms with Gasteiger partial charge in [-0.1, -0.05) is 42.5 Å². The number of hydrogen-bond donors (Lipinski definition) is 0. The molecule has 5 nitrogen and oxygen atoms in total. The van der Waals surface area contributed by atoms with E-state index in [-0.39, 0.29) is 23.9 Å². The second-order valence-corrected chi connectivity index (χ2v) is 7.50. The standard InChI is InChI=1S/C27H25NO4/c1-3-28(4-2)21-12-10-20(11-13-21)16-25-27(30)23-15-14-22(18-24(23)32-25)31-26(29)17-19-8-6-5-7-9-19/h5-16,18H,3-4,17H2,1-2H3/b25-16-. The summed E-state index contributed by atoms with van der Waals surface area (Å²) in [5.41, 5.74) is 3.36. The topological polar surface area (TPSA) is 55.8 Å². The van der Waals surface area contributed by atoms with E-state index in [0.717, 1.165) is 29.9 Å². The predicted octanol–water partition coefficient (Wildman–Crippen LogP) is 5.30. The van der Waals surface area contributed by atoms with Crippen molar-refractivity contribution in [3.63, 3.8) is 0 Å². The molecule has 0 saturated carbocycles. The maximum Gasteiger partial charge on any atom is 0.315 e. The van der Waals surface area contributed by atoms with Crippen LogP contribution in [0.4, 0.5) is 5.69 Å². The van der Waals surface area contributed by atoms with Gasteiger partial charge in [-0.25, -0.2) is 0 Å². The van der Waals surface area contributed by atoms with Gasteiger partial charge in [0.25, 0.3) is 0 Å². The lowest BCUT2D eigenvalue weighted by Crippen LogP contribution is -2.21. The Balaban J connectivity index is 1.46. The van der Waals surface area contributed by atoms with E-state index in [9.17, 15) is 9.59 Å². The van der Waals surface area contributed by atoms with E-state index in [1.54, 1.807) is 24.3 Å². The fourth-order valence-electron chi connectivity index (χ4n) is 3.68. The van der Waals surface area contributed by atoms with Crippen molar-refractivity contribution in [3.8, 4) is 11.5 Å². The molecule has 4 rings (SSSR count). The molecule has 0 spiro atoms. The number of rotatable bonds is 7. The number of fused-ring (bicyclic) bond motifs is 1. The van der Waals surface area contributed by atoms with Gasteiger partial charge in [-0.3, -0.25) is 9.59 Å². The van der Waals surface area contributed by atoms with E-state index in [2.05, 4.69) is 18.7 Å². The molecule has 0 aliphatic carbocycles. The van der Waals surface area contributed by atoms with E-state index in [1.165, 1.54) is 0 Å². The van der Waals surface area contributed by atoms with E-state index in [4.69, 9.17) is 9.47 Å². The average Bonchev–Trinajstić information content (AvgIpc) is 3.11. The highest BCUT2D eigenvalue weighted by atomic mass is 16.5. The number of nitrogens with zero attached hydrogens (tertiary/aromatic N) is 1. The van der Waals surface area contributed by atoms with E-state index in [0.29, 0.717) is 17.1 Å². The molecule has 3 aromatic carbocycles. The molecule has 0 fully saturated rings. The van der Waals surface area contributed by atoms with E-state index < -0.39 is 0 Å². The number of Topliss-reactive ketones (excluding diaryl/α,β-unsaturated/α-hetero) is 1. The summed E-state index contributed by atoms with van der Waals surface area (Å²) in [5.74, 6) is 0.441. The molecule has 0 saturated heterocycles. The number of carbonyl (C=O) groups is 2. The van der Waals surface area contributed by atoms with Gasteiger partial charge in [0.1, 0.15) is 11.5 Å². The Morgan fingerprint density at radius 1 is 0.969 bits per heavy atom. The number of benzene rings is 3. The number of carbonyl (C=O) groups excluding carboxylic acids is 2. The van der Waals surface area contributed by atoms with Crippen LogP contribution in [0.15, 0.2) is 78.6 Å². The lowest BCUT2D eigenvalue weighted by atomic mass is 10.1. The van der Waals surface area contributed by atoms with Crippen molar-refractivity contribution < 1.29 is 19.1 Å². The van der Waals surface area contributed by atoms with Crippen molar-refractivity contribution in [2.45, 2.75) is 20.3 Å². The van der Waals surface area contributed by atoms with Gasteiger partial charge >= 0.3 is 5.97 Å². The molecular weight excluding hydrogens is 402 g/mol. The first-order valence-corrected chi connectivity index (χ1v) is 10.7. The second kappa shape index (κ2) is 9.52. The zero-order valence-electron chi connectivity index (χ0n) is 18.2. The van der Waals surface area contributed by atoms with Crippen LogP contribution >= 0.6 is 0 Å². The van der Waals surface area contributed by atoms with Crippen molar-refractivity contribution in [1.29, 1.82) is 0 Å². The molecular formula is C27H25NO4. The molecule has 0 aromatic heterocycles. The quantitative estimate of drug-likeness (QED) is 0.291. The summed E-state index contributed by atoms with van der Waals surface area (Å²) in [6, 6.07) is 22.2. The van der Waals surface area contributed by atoms with Crippen LogP contribution in [0.2, 0.25) is 0 Å². The van der Waals surface area contributed by atoms with Crippen LogP contribution in [0.1, 0.15) is 35.3 Å². The van der Waals surface area contributed by atoms with Gasteiger partial charge in [-0.2, -0.15) is 0 Å². The largest absolute Gasteiger partial charge is 0.452 e. The Kier molecular flexibility index (Phi) is 6.36. The summed E-state index contributed by atoms with van der Waals surface area (Å²) < 4.78 is 11.2. The first-order valence-electron chi connectivity index (χ1n) is 10.7. The van der Waals surface area contributed by atoms with Crippen LogP contribution < -0.4 is 14.4 Å². The highest BCUT2D eigenvalue weighted by Crippen LogP contribution is 2.35. The fraction of sp³-hybridized carbons (Fsp3) is 0.185. The summed E-state index contributed by atoms with van der Waals surface area (Å²) in [5, 5.41) is 0. The molecule has 1 heterocycles. The minimum Gasteiger partial charge on any atom is -0.452 e. The van der Waals surface area contributed by atoms with Gasteiger partial charge in [0.15, 0.2) is 5.76 Å². The predicted molar refractivity (Wildman–Crippen MR) is 125 cm³/mol. The number of ketones is 1. The van der Waals surface area contributed by atoms with E-state index >= 15 is 0 Å². The van der Waals surface area contributed by atoms with Crippen molar-refractivity contribution in [1.82, 2.24) is 0 Å². The molecule has 0 bridgehead atoms. The third-order valence-corrected chi connectivity index (χ3v) is 5.38. The number of allylic oxidation sites excluding steroid dienone is 1.